The van der Waals surface area contributed by atoms with Crippen LogP contribution in [0.1, 0.15) is 48.3 Å². The first kappa shape index (κ1) is 38.1. The summed E-state index contributed by atoms with van der Waals surface area (Å²) in [5.41, 5.74) is 1.22. The van der Waals surface area contributed by atoms with E-state index in [-0.39, 0.29) is 55.7 Å². The number of carbonyl (C=O) groups excluding carboxylic acids is 2. The lowest BCUT2D eigenvalue weighted by Gasteiger charge is -2.27. The molecule has 3 heterocycles. The van der Waals surface area contributed by atoms with Crippen molar-refractivity contribution in [1.82, 2.24) is 19.0 Å². The highest BCUT2D eigenvalue weighted by Gasteiger charge is 2.35. The summed E-state index contributed by atoms with van der Waals surface area (Å²) in [5, 5.41) is 10.4. The van der Waals surface area contributed by atoms with Crippen molar-refractivity contribution in [3.8, 4) is 5.75 Å². The summed E-state index contributed by atoms with van der Waals surface area (Å²) in [6, 6.07) is 6.86. The lowest BCUT2D eigenvalue weighted by Crippen LogP contribution is -2.37. The monoisotopic (exact) mass is 734 g/mol. The molecule has 5 rings (SSSR count). The molecule has 0 unspecified atom stereocenters. The number of carbonyl (C=O) groups is 2. The molecule has 0 radical (unpaired) electrons. The number of fused-ring (bicyclic) bond motifs is 1. The Labute approximate surface area is 296 Å². The first-order valence-corrected chi connectivity index (χ1v) is 18.3. The van der Waals surface area contributed by atoms with Crippen LogP contribution in [0.15, 0.2) is 41.3 Å². The minimum absolute atomic E-state index is 0.0133. The van der Waals surface area contributed by atoms with Gasteiger partial charge in [0.1, 0.15) is 30.6 Å². The van der Waals surface area contributed by atoms with Crippen molar-refractivity contribution in [1.29, 1.82) is 0 Å². The number of rotatable bonds is 16. The number of likely N-dealkylation sites (tertiary alicyclic amines) is 1. The van der Waals surface area contributed by atoms with Crippen LogP contribution in [0.25, 0.3) is 0 Å². The fourth-order valence-corrected chi connectivity index (χ4v) is 7.48. The van der Waals surface area contributed by atoms with Crippen LogP contribution >= 0.6 is 0 Å². The third-order valence-electron chi connectivity index (χ3n) is 8.49. The van der Waals surface area contributed by atoms with Crippen molar-refractivity contribution < 1.29 is 45.7 Å². The van der Waals surface area contributed by atoms with Gasteiger partial charge < -0.3 is 29.6 Å². The second kappa shape index (κ2) is 17.4. The first-order chi connectivity index (χ1) is 24.5. The second-order valence-electron chi connectivity index (χ2n) is 12.3. The zero-order valence-electron chi connectivity index (χ0n) is 29.0. The molecule has 2 aromatic carbocycles. The van der Waals surface area contributed by atoms with Crippen LogP contribution in [0, 0.1) is 11.6 Å². The summed E-state index contributed by atoms with van der Waals surface area (Å²) >= 11 is 0. The molecule has 1 fully saturated rings. The Hall–Kier alpha value is -4.16. The van der Waals surface area contributed by atoms with Gasteiger partial charge in [-0.05, 0) is 64.0 Å². The predicted octanol–water partition coefficient (Wildman–Crippen LogP) is 4.10. The minimum atomic E-state index is -4.39. The molecule has 1 amide bonds. The van der Waals surface area contributed by atoms with Gasteiger partial charge in [-0.2, -0.15) is 8.99 Å². The minimum Gasteiger partial charge on any atom is -0.492 e. The molecule has 278 valence electrons. The van der Waals surface area contributed by atoms with Crippen molar-refractivity contribution >= 4 is 33.5 Å². The van der Waals surface area contributed by atoms with E-state index in [1.807, 2.05) is 6.92 Å². The van der Waals surface area contributed by atoms with Crippen LogP contribution < -0.4 is 15.4 Å². The number of nitrogens with zero attached hydrogens (tertiary/aromatic N) is 4. The van der Waals surface area contributed by atoms with Crippen LogP contribution in [-0.2, 0) is 37.2 Å². The second-order valence-corrected chi connectivity index (χ2v) is 14.2. The predicted molar refractivity (Wildman–Crippen MR) is 184 cm³/mol. The Morgan fingerprint density at radius 3 is 2.47 bits per heavy atom. The van der Waals surface area contributed by atoms with Crippen LogP contribution in [0.3, 0.4) is 0 Å². The molecule has 1 atom stereocenters. The van der Waals surface area contributed by atoms with Gasteiger partial charge in [0, 0.05) is 63.5 Å². The average Bonchev–Trinajstić information content (AvgIpc) is 3.74. The molecular formula is C34H44F2N6O8S. The highest BCUT2D eigenvalue weighted by atomic mass is 32.2. The van der Waals surface area contributed by atoms with Crippen molar-refractivity contribution in [2.45, 2.75) is 50.6 Å². The number of halogens is 2. The first-order valence-electron chi connectivity index (χ1n) is 16.9. The Bertz CT molecular complexity index is 1780. The van der Waals surface area contributed by atoms with E-state index in [4.69, 9.17) is 18.9 Å². The van der Waals surface area contributed by atoms with E-state index < -0.39 is 38.6 Å². The summed E-state index contributed by atoms with van der Waals surface area (Å²) in [4.78, 5) is 28.8. The van der Waals surface area contributed by atoms with Gasteiger partial charge in [0.25, 0.3) is 5.91 Å². The third-order valence-corrected chi connectivity index (χ3v) is 10.3. The van der Waals surface area contributed by atoms with Crippen molar-refractivity contribution in [3.63, 3.8) is 0 Å². The Kier molecular flexibility index (Phi) is 13.0. The standard InChI is InChI=1S/C34H44F2N6O8S/c1-4-48-15-16-50-34(44)42-31-9-12-41(51(45,46)27-18-24(35)17-25(36)19-27)21-29(31)32(39-42)38-33(43)28-8-7-26(20-30(28)37-23(2)22-47-3)49-14-13-40-10-5-6-11-40/h7-8,17-20,23,37H,4-6,9-16,21-22H2,1-3H3,(H,38,39,43)/t23-/m0/s1. The van der Waals surface area contributed by atoms with Crippen LogP contribution in [0.2, 0.25) is 0 Å². The summed E-state index contributed by atoms with van der Waals surface area (Å²) < 4.78 is 78.9. The number of sulfonamides is 1. The van der Waals surface area contributed by atoms with Crippen LogP contribution in [0.5, 0.6) is 5.75 Å². The van der Waals surface area contributed by atoms with E-state index in [0.717, 1.165) is 40.8 Å². The van der Waals surface area contributed by atoms with Crippen molar-refractivity contribution in [3.05, 3.63) is 64.9 Å². The molecule has 0 bridgehead atoms. The third kappa shape index (κ3) is 9.59. The molecule has 2 N–H and O–H groups in total. The van der Waals surface area contributed by atoms with E-state index in [1.54, 1.807) is 32.2 Å². The number of hydrogen-bond donors (Lipinski definition) is 2. The van der Waals surface area contributed by atoms with Crippen LogP contribution in [-0.4, -0.2) is 112 Å². The molecule has 14 nitrogen and oxygen atoms in total. The summed E-state index contributed by atoms with van der Waals surface area (Å²) in [5.74, 6) is -2.22. The average molecular weight is 735 g/mol. The fraction of sp³-hybridized carbons (Fsp3) is 0.500. The number of methoxy groups -OCH3 is 1. The largest absolute Gasteiger partial charge is 0.492 e. The number of aromatic nitrogens is 2. The van der Waals surface area contributed by atoms with Gasteiger partial charge in [-0.1, -0.05) is 0 Å². The zero-order chi connectivity index (χ0) is 36.5. The van der Waals surface area contributed by atoms with E-state index >= 15 is 0 Å². The molecule has 0 aliphatic carbocycles. The lowest BCUT2D eigenvalue weighted by atomic mass is 10.1. The van der Waals surface area contributed by atoms with E-state index in [1.165, 1.54) is 12.8 Å². The lowest BCUT2D eigenvalue weighted by molar-refractivity contribution is 0.0777. The number of anilines is 2. The van der Waals surface area contributed by atoms with Gasteiger partial charge in [0.15, 0.2) is 5.82 Å². The molecule has 3 aromatic rings. The molecule has 1 saturated heterocycles. The van der Waals surface area contributed by atoms with E-state index in [9.17, 15) is 26.8 Å². The molecule has 0 saturated carbocycles. The van der Waals surface area contributed by atoms with Gasteiger partial charge in [0.05, 0.1) is 35.1 Å². The maximum atomic E-state index is 14.0. The van der Waals surface area contributed by atoms with Gasteiger partial charge in [-0.25, -0.2) is 22.0 Å². The smallest absolute Gasteiger partial charge is 0.435 e. The van der Waals surface area contributed by atoms with Gasteiger partial charge >= 0.3 is 6.09 Å². The van der Waals surface area contributed by atoms with Crippen LogP contribution in [0.4, 0.5) is 25.1 Å². The zero-order valence-corrected chi connectivity index (χ0v) is 29.8. The van der Waals surface area contributed by atoms with Crippen molar-refractivity contribution in [2.75, 3.05) is 77.0 Å². The summed E-state index contributed by atoms with van der Waals surface area (Å²) in [6.07, 6.45) is 1.49. The number of amides is 1. The van der Waals surface area contributed by atoms with E-state index in [0.29, 0.717) is 43.0 Å². The molecule has 17 heteroatoms. The maximum Gasteiger partial charge on any atom is 0.435 e. The number of nitrogens with one attached hydrogen (secondary N) is 2. The highest BCUT2D eigenvalue weighted by molar-refractivity contribution is 7.89. The molecule has 2 aliphatic heterocycles. The van der Waals surface area contributed by atoms with Crippen molar-refractivity contribution in [2.24, 2.45) is 0 Å². The number of benzene rings is 2. The molecule has 2 aliphatic rings. The molecule has 1 aromatic heterocycles. The number of ether oxygens (including phenoxy) is 4. The van der Waals surface area contributed by atoms with Gasteiger partial charge in [-0.15, -0.1) is 5.10 Å². The topological polar surface area (TPSA) is 154 Å². The Morgan fingerprint density at radius 1 is 1.02 bits per heavy atom. The summed E-state index contributed by atoms with van der Waals surface area (Å²) in [7, 11) is -2.82. The maximum absolute atomic E-state index is 14.0. The van der Waals surface area contributed by atoms with Gasteiger partial charge in [-0.3, -0.25) is 9.69 Å². The Morgan fingerprint density at radius 2 is 1.76 bits per heavy atom. The van der Waals surface area contributed by atoms with Gasteiger partial charge in [0.2, 0.25) is 10.0 Å². The fourth-order valence-electron chi connectivity index (χ4n) is 6.03. The molecule has 51 heavy (non-hydrogen) atoms. The SMILES string of the molecule is CCOCCOC(=O)n1nc(NC(=O)c2ccc(OCCN3CCCC3)cc2N[C@@H](C)COC)c2c1CCN(S(=O)(=O)c1cc(F)cc(F)c1)C2. The highest BCUT2D eigenvalue weighted by Crippen LogP contribution is 2.32. The van der Waals surface area contributed by atoms with E-state index in [2.05, 4.69) is 20.6 Å². The number of hydrogen-bond acceptors (Lipinski definition) is 11. The normalized spacial score (nSPS) is 15.7. The molecule has 0 spiro atoms. The molecular weight excluding hydrogens is 690 g/mol. The quantitative estimate of drug-likeness (QED) is 0.205. The Balaban J connectivity index is 1.43. The summed E-state index contributed by atoms with van der Waals surface area (Å²) in [6.45, 7) is 7.42.